The van der Waals surface area contributed by atoms with Crippen molar-refractivity contribution in [2.75, 3.05) is 13.2 Å². The summed E-state index contributed by atoms with van der Waals surface area (Å²) in [6, 6.07) is 1.75. The molecule has 1 amide bonds. The number of amides is 1. The Hall–Kier alpha value is -1.36. The van der Waals surface area contributed by atoms with E-state index in [0.717, 1.165) is 31.4 Å². The predicted molar refractivity (Wildman–Crippen MR) is 54.7 cm³/mol. The largest absolute Gasteiger partial charge is 0.360 e. The minimum atomic E-state index is -0.185. The highest BCUT2D eigenvalue weighted by Crippen LogP contribution is 2.40. The third-order valence-corrected chi connectivity index (χ3v) is 2.96. The average Bonchev–Trinajstić information content (AvgIpc) is 3.08. The van der Waals surface area contributed by atoms with Crippen LogP contribution in [0.25, 0.3) is 0 Å². The van der Waals surface area contributed by atoms with E-state index in [9.17, 15) is 4.79 Å². The number of carbonyl (C=O) groups is 1. The maximum atomic E-state index is 11.9. The van der Waals surface area contributed by atoms with Crippen LogP contribution in [-0.4, -0.2) is 29.3 Å². The van der Waals surface area contributed by atoms with Gasteiger partial charge in [-0.15, -0.1) is 0 Å². The molecule has 1 saturated heterocycles. The zero-order valence-corrected chi connectivity index (χ0v) is 9.02. The molecule has 16 heavy (non-hydrogen) atoms. The van der Waals surface area contributed by atoms with Crippen LogP contribution in [0.3, 0.4) is 0 Å². The van der Waals surface area contributed by atoms with Gasteiger partial charge in [0.25, 0.3) is 5.91 Å². The second-order valence-electron chi connectivity index (χ2n) is 4.34. The maximum Gasteiger partial charge on any atom is 0.299 e. The fourth-order valence-corrected chi connectivity index (χ4v) is 1.84. The van der Waals surface area contributed by atoms with Gasteiger partial charge in [-0.2, -0.15) is 0 Å². The molecule has 2 heterocycles. The summed E-state index contributed by atoms with van der Waals surface area (Å²) in [5, 5.41) is 5.19. The van der Waals surface area contributed by atoms with Crippen molar-refractivity contribution in [3.05, 3.63) is 17.5 Å². The highest BCUT2D eigenvalue weighted by molar-refractivity contribution is 5.91. The molecule has 0 spiro atoms. The lowest BCUT2D eigenvalue weighted by molar-refractivity contribution is -0.144. The van der Waals surface area contributed by atoms with Crippen molar-refractivity contribution in [3.63, 3.8) is 0 Å². The van der Waals surface area contributed by atoms with Crippen LogP contribution in [0.15, 0.2) is 10.6 Å². The summed E-state index contributed by atoms with van der Waals surface area (Å²) in [5.74, 6) is 1.13. The molecule has 1 aromatic heterocycles. The first-order valence-electron chi connectivity index (χ1n) is 5.76. The molecule has 0 aromatic carbocycles. The Morgan fingerprint density at radius 1 is 1.44 bits per heavy atom. The van der Waals surface area contributed by atoms with Gasteiger partial charge in [0.15, 0.2) is 5.69 Å². The van der Waals surface area contributed by atoms with Crippen molar-refractivity contribution in [3.8, 4) is 0 Å². The van der Waals surface area contributed by atoms with Gasteiger partial charge in [0.05, 0.1) is 6.61 Å². The van der Waals surface area contributed by atoms with Crippen LogP contribution >= 0.6 is 0 Å². The normalized spacial score (nSPS) is 21.1. The van der Waals surface area contributed by atoms with Gasteiger partial charge in [-0.25, -0.2) is 5.06 Å². The summed E-state index contributed by atoms with van der Waals surface area (Å²) in [6.45, 7) is 1.25. The monoisotopic (exact) mass is 222 g/mol. The fraction of sp³-hybridized carbons (Fsp3) is 0.636. The van der Waals surface area contributed by atoms with Gasteiger partial charge in [-0.1, -0.05) is 5.16 Å². The first kappa shape index (κ1) is 9.84. The van der Waals surface area contributed by atoms with E-state index < -0.39 is 0 Å². The quantitative estimate of drug-likeness (QED) is 0.764. The maximum absolute atomic E-state index is 11.9. The van der Waals surface area contributed by atoms with Crippen LogP contribution in [-0.2, 0) is 4.84 Å². The smallest absolute Gasteiger partial charge is 0.299 e. The number of hydrogen-bond acceptors (Lipinski definition) is 4. The average molecular weight is 222 g/mol. The number of nitrogens with zero attached hydrogens (tertiary/aromatic N) is 2. The molecule has 2 aliphatic rings. The lowest BCUT2D eigenvalue weighted by Crippen LogP contribution is -2.35. The number of rotatable bonds is 2. The molecule has 3 rings (SSSR count). The molecule has 0 bridgehead atoms. The van der Waals surface area contributed by atoms with Crippen LogP contribution in [0.1, 0.15) is 47.8 Å². The fourth-order valence-electron chi connectivity index (χ4n) is 1.84. The Labute approximate surface area is 93.3 Å². The Kier molecular flexibility index (Phi) is 2.40. The van der Waals surface area contributed by atoms with Gasteiger partial charge in [0.1, 0.15) is 5.76 Å². The number of hydroxylamine groups is 2. The standard InChI is InChI=1S/C11H14N2O3/c14-11(13-5-1-2-6-15-13)9-7-10(16-12-9)8-3-4-8/h7-8H,1-6H2. The van der Waals surface area contributed by atoms with Gasteiger partial charge in [0, 0.05) is 18.5 Å². The molecule has 2 fully saturated rings. The number of aromatic nitrogens is 1. The molecule has 0 unspecified atom stereocenters. The topological polar surface area (TPSA) is 55.6 Å². The summed E-state index contributed by atoms with van der Waals surface area (Å²) >= 11 is 0. The van der Waals surface area contributed by atoms with Crippen molar-refractivity contribution in [1.82, 2.24) is 10.2 Å². The Morgan fingerprint density at radius 2 is 2.31 bits per heavy atom. The molecule has 5 heteroatoms. The molecule has 1 saturated carbocycles. The number of carbonyl (C=O) groups excluding carboxylic acids is 1. The van der Waals surface area contributed by atoms with E-state index in [1.54, 1.807) is 6.07 Å². The third-order valence-electron chi connectivity index (χ3n) is 2.96. The molecule has 1 aliphatic carbocycles. The van der Waals surface area contributed by atoms with Crippen molar-refractivity contribution in [2.45, 2.75) is 31.6 Å². The van der Waals surface area contributed by atoms with E-state index in [1.807, 2.05) is 0 Å². The molecule has 1 aliphatic heterocycles. The highest BCUT2D eigenvalue weighted by Gasteiger charge is 2.30. The molecule has 5 nitrogen and oxygen atoms in total. The molecule has 0 N–H and O–H groups in total. The van der Waals surface area contributed by atoms with Crippen LogP contribution in [0.4, 0.5) is 0 Å². The summed E-state index contributed by atoms with van der Waals surface area (Å²) in [6.07, 6.45) is 4.28. The molecular formula is C11H14N2O3. The first-order chi connectivity index (χ1) is 7.84. The Bertz CT molecular complexity index is 392. The lowest BCUT2D eigenvalue weighted by Gasteiger charge is -2.24. The Morgan fingerprint density at radius 3 is 3.00 bits per heavy atom. The van der Waals surface area contributed by atoms with Gasteiger partial charge in [-0.3, -0.25) is 9.63 Å². The van der Waals surface area contributed by atoms with Crippen molar-refractivity contribution >= 4 is 5.91 Å². The summed E-state index contributed by atoms with van der Waals surface area (Å²) in [4.78, 5) is 17.2. The molecule has 1 aromatic rings. The summed E-state index contributed by atoms with van der Waals surface area (Å²) in [5.41, 5.74) is 0.365. The minimum absolute atomic E-state index is 0.185. The molecule has 86 valence electrons. The van der Waals surface area contributed by atoms with Crippen LogP contribution < -0.4 is 0 Å². The van der Waals surface area contributed by atoms with Crippen molar-refractivity contribution < 1.29 is 14.2 Å². The van der Waals surface area contributed by atoms with Gasteiger partial charge in [-0.05, 0) is 25.7 Å². The van der Waals surface area contributed by atoms with Crippen LogP contribution in [0.2, 0.25) is 0 Å². The first-order valence-corrected chi connectivity index (χ1v) is 5.76. The highest BCUT2D eigenvalue weighted by atomic mass is 16.7. The zero-order chi connectivity index (χ0) is 11.0. The third kappa shape index (κ3) is 1.82. The van der Waals surface area contributed by atoms with Gasteiger partial charge >= 0.3 is 0 Å². The zero-order valence-electron chi connectivity index (χ0n) is 9.02. The Balaban J connectivity index is 1.71. The summed E-state index contributed by atoms with van der Waals surface area (Å²) < 4.78 is 5.15. The molecular weight excluding hydrogens is 208 g/mol. The van der Waals surface area contributed by atoms with Gasteiger partial charge in [0.2, 0.25) is 0 Å². The van der Waals surface area contributed by atoms with E-state index in [4.69, 9.17) is 9.36 Å². The van der Waals surface area contributed by atoms with Crippen molar-refractivity contribution in [2.24, 2.45) is 0 Å². The number of hydrogen-bond donors (Lipinski definition) is 0. The lowest BCUT2D eigenvalue weighted by atomic mass is 10.2. The van der Waals surface area contributed by atoms with Gasteiger partial charge < -0.3 is 4.52 Å². The van der Waals surface area contributed by atoms with E-state index in [1.165, 1.54) is 5.06 Å². The van der Waals surface area contributed by atoms with E-state index in [0.29, 0.717) is 24.8 Å². The predicted octanol–water partition coefficient (Wildman–Crippen LogP) is 1.72. The van der Waals surface area contributed by atoms with E-state index in [-0.39, 0.29) is 5.91 Å². The van der Waals surface area contributed by atoms with E-state index >= 15 is 0 Å². The van der Waals surface area contributed by atoms with Crippen LogP contribution in [0, 0.1) is 0 Å². The summed E-state index contributed by atoms with van der Waals surface area (Å²) in [7, 11) is 0. The second-order valence-corrected chi connectivity index (χ2v) is 4.34. The van der Waals surface area contributed by atoms with Crippen LogP contribution in [0.5, 0.6) is 0 Å². The van der Waals surface area contributed by atoms with Crippen molar-refractivity contribution in [1.29, 1.82) is 0 Å². The van der Waals surface area contributed by atoms with E-state index in [2.05, 4.69) is 5.16 Å². The minimum Gasteiger partial charge on any atom is -0.360 e. The molecule has 0 radical (unpaired) electrons. The SMILES string of the molecule is O=C(c1cc(C2CC2)on1)N1CCCCO1. The molecule has 0 atom stereocenters. The second kappa shape index (κ2) is 3.90.